The van der Waals surface area contributed by atoms with Gasteiger partial charge in [0.05, 0.1) is 11.5 Å². The molecule has 0 saturated heterocycles. The Bertz CT molecular complexity index is 992. The van der Waals surface area contributed by atoms with Gasteiger partial charge in [-0.05, 0) is 60.9 Å². The van der Waals surface area contributed by atoms with Gasteiger partial charge in [0.2, 0.25) is 5.91 Å². The molecule has 0 saturated carbocycles. The van der Waals surface area contributed by atoms with Crippen LogP contribution in [0.3, 0.4) is 0 Å². The van der Waals surface area contributed by atoms with Crippen molar-refractivity contribution in [3.05, 3.63) is 48.0 Å². The lowest BCUT2D eigenvalue weighted by Crippen LogP contribution is -2.38. The summed E-state index contributed by atoms with van der Waals surface area (Å²) in [6, 6.07) is 11.7. The van der Waals surface area contributed by atoms with Crippen LogP contribution in [0.4, 0.5) is 11.4 Å². The van der Waals surface area contributed by atoms with Gasteiger partial charge in [-0.25, -0.2) is 8.42 Å². The lowest BCUT2D eigenvalue weighted by Gasteiger charge is -2.26. The number of amides is 1. The first-order valence-corrected chi connectivity index (χ1v) is 11.3. The zero-order valence-corrected chi connectivity index (χ0v) is 18.2. The Morgan fingerprint density at radius 3 is 2.45 bits per heavy atom. The van der Waals surface area contributed by atoms with Crippen LogP contribution in [0.15, 0.2) is 47.4 Å². The molecule has 1 aliphatic rings. The molecule has 0 unspecified atom stereocenters. The largest absolute Gasteiger partial charge is 0.494 e. The zero-order chi connectivity index (χ0) is 21.2. The van der Waals surface area contributed by atoms with Gasteiger partial charge in [-0.15, -0.1) is 0 Å². The molecule has 1 N–H and O–H groups in total. The number of ether oxygens (including phenoxy) is 1. The van der Waals surface area contributed by atoms with Gasteiger partial charge in [-0.3, -0.25) is 9.52 Å². The van der Waals surface area contributed by atoms with Crippen LogP contribution >= 0.6 is 0 Å². The van der Waals surface area contributed by atoms with Crippen molar-refractivity contribution in [2.75, 3.05) is 22.8 Å². The summed E-state index contributed by atoms with van der Waals surface area (Å²) in [6.07, 6.45) is 1.59. The molecular weight excluding hydrogens is 388 g/mol. The number of nitrogens with one attached hydrogen (secondary N) is 1. The lowest BCUT2D eigenvalue weighted by atomic mass is 9.94. The van der Waals surface area contributed by atoms with E-state index in [9.17, 15) is 13.2 Å². The summed E-state index contributed by atoms with van der Waals surface area (Å²) < 4.78 is 33.6. The molecular formula is C22H28N2O4S. The lowest BCUT2D eigenvalue weighted by molar-refractivity contribution is -0.125. The summed E-state index contributed by atoms with van der Waals surface area (Å²) in [5.41, 5.74) is 1.84. The molecule has 0 fully saturated rings. The van der Waals surface area contributed by atoms with Gasteiger partial charge in [0.1, 0.15) is 5.75 Å². The molecule has 0 aromatic heterocycles. The maximum atomic E-state index is 12.7. The van der Waals surface area contributed by atoms with E-state index in [1.165, 1.54) is 12.1 Å². The minimum absolute atomic E-state index is 0.0648. The van der Waals surface area contributed by atoms with Gasteiger partial charge in [0.15, 0.2) is 0 Å². The van der Waals surface area contributed by atoms with Gasteiger partial charge in [-0.1, -0.05) is 27.7 Å². The fraction of sp³-hybridized carbons (Fsp3) is 0.409. The molecule has 0 atom stereocenters. The van der Waals surface area contributed by atoms with E-state index >= 15 is 0 Å². The third-order valence-electron chi connectivity index (χ3n) is 4.72. The molecule has 2 aromatic rings. The third kappa shape index (κ3) is 4.72. The number of sulfonamides is 1. The van der Waals surface area contributed by atoms with Crippen molar-refractivity contribution in [2.24, 2.45) is 5.41 Å². The van der Waals surface area contributed by atoms with Crippen molar-refractivity contribution in [1.82, 2.24) is 0 Å². The fourth-order valence-electron chi connectivity index (χ4n) is 3.23. The van der Waals surface area contributed by atoms with Gasteiger partial charge in [0, 0.05) is 23.3 Å². The molecule has 0 radical (unpaired) electrons. The first kappa shape index (κ1) is 21.2. The van der Waals surface area contributed by atoms with Crippen LogP contribution in [-0.2, 0) is 21.2 Å². The maximum absolute atomic E-state index is 12.7. The molecule has 6 nitrogen and oxygen atoms in total. The van der Waals surface area contributed by atoms with E-state index < -0.39 is 15.4 Å². The number of nitrogens with zero attached hydrogens (tertiary/aromatic N) is 1. The number of hydrogen-bond acceptors (Lipinski definition) is 4. The molecule has 1 amide bonds. The number of rotatable bonds is 6. The average molecular weight is 417 g/mol. The topological polar surface area (TPSA) is 75.7 Å². The van der Waals surface area contributed by atoms with Crippen LogP contribution < -0.4 is 14.4 Å². The predicted octanol–water partition coefficient (Wildman–Crippen LogP) is 4.21. The Labute approximate surface area is 172 Å². The molecule has 29 heavy (non-hydrogen) atoms. The zero-order valence-electron chi connectivity index (χ0n) is 17.4. The van der Waals surface area contributed by atoms with E-state index in [-0.39, 0.29) is 10.8 Å². The molecule has 1 heterocycles. The fourth-order valence-corrected chi connectivity index (χ4v) is 4.28. The Kier molecular flexibility index (Phi) is 5.89. The molecule has 3 rings (SSSR count). The van der Waals surface area contributed by atoms with Crippen LogP contribution in [0.2, 0.25) is 0 Å². The highest BCUT2D eigenvalue weighted by Crippen LogP contribution is 2.34. The summed E-state index contributed by atoms with van der Waals surface area (Å²) in [6.45, 7) is 8.91. The minimum atomic E-state index is -3.71. The van der Waals surface area contributed by atoms with Crippen LogP contribution in [0.5, 0.6) is 5.75 Å². The van der Waals surface area contributed by atoms with Crippen LogP contribution in [0.25, 0.3) is 0 Å². The maximum Gasteiger partial charge on any atom is 0.261 e. The molecule has 156 valence electrons. The van der Waals surface area contributed by atoms with Crippen molar-refractivity contribution in [2.45, 2.75) is 45.4 Å². The van der Waals surface area contributed by atoms with Gasteiger partial charge >= 0.3 is 0 Å². The highest BCUT2D eigenvalue weighted by Gasteiger charge is 2.32. The summed E-state index contributed by atoms with van der Waals surface area (Å²) in [4.78, 5) is 14.6. The SMILES string of the molecule is CCCOc1ccc(S(=O)(=O)Nc2ccc3c(c2)CCN3C(=O)C(C)(C)C)cc1. The van der Waals surface area contributed by atoms with Crippen molar-refractivity contribution < 1.29 is 17.9 Å². The first-order valence-electron chi connectivity index (χ1n) is 9.82. The summed E-state index contributed by atoms with van der Waals surface area (Å²) in [5.74, 6) is 0.710. The van der Waals surface area contributed by atoms with E-state index in [2.05, 4.69) is 4.72 Å². The van der Waals surface area contributed by atoms with Crippen molar-refractivity contribution in [3.63, 3.8) is 0 Å². The first-order chi connectivity index (χ1) is 13.6. The summed E-state index contributed by atoms with van der Waals surface area (Å²) in [5, 5.41) is 0. The van der Waals surface area contributed by atoms with E-state index in [4.69, 9.17) is 4.74 Å². The van der Waals surface area contributed by atoms with Crippen molar-refractivity contribution in [1.29, 1.82) is 0 Å². The van der Waals surface area contributed by atoms with Crippen LogP contribution in [0.1, 0.15) is 39.7 Å². The van der Waals surface area contributed by atoms with Gasteiger partial charge < -0.3 is 9.64 Å². The molecule has 2 aromatic carbocycles. The molecule has 0 aliphatic carbocycles. The smallest absolute Gasteiger partial charge is 0.261 e. The molecule has 1 aliphatic heterocycles. The summed E-state index contributed by atoms with van der Waals surface area (Å²) >= 11 is 0. The number of hydrogen-bond donors (Lipinski definition) is 1. The highest BCUT2D eigenvalue weighted by atomic mass is 32.2. The highest BCUT2D eigenvalue weighted by molar-refractivity contribution is 7.92. The van der Waals surface area contributed by atoms with E-state index in [0.29, 0.717) is 31.0 Å². The Balaban J connectivity index is 1.76. The van der Waals surface area contributed by atoms with Crippen molar-refractivity contribution >= 4 is 27.3 Å². The number of anilines is 2. The minimum Gasteiger partial charge on any atom is -0.494 e. The Morgan fingerprint density at radius 2 is 1.83 bits per heavy atom. The van der Waals surface area contributed by atoms with Crippen molar-refractivity contribution in [3.8, 4) is 5.75 Å². The third-order valence-corrected chi connectivity index (χ3v) is 6.12. The van der Waals surface area contributed by atoms with Crippen LogP contribution in [0, 0.1) is 5.41 Å². The van der Waals surface area contributed by atoms with E-state index in [0.717, 1.165) is 17.7 Å². The second-order valence-corrected chi connectivity index (χ2v) is 9.91. The number of benzene rings is 2. The van der Waals surface area contributed by atoms with Gasteiger partial charge in [-0.2, -0.15) is 0 Å². The molecule has 7 heteroatoms. The number of carbonyl (C=O) groups excluding carboxylic acids is 1. The Morgan fingerprint density at radius 1 is 1.14 bits per heavy atom. The number of carbonyl (C=O) groups is 1. The predicted molar refractivity (Wildman–Crippen MR) is 115 cm³/mol. The standard InChI is InChI=1S/C22H28N2O4S/c1-5-14-28-18-7-9-19(10-8-18)29(26,27)23-17-6-11-20-16(15-17)12-13-24(20)21(25)22(2,3)4/h6-11,15,23H,5,12-14H2,1-4H3. The average Bonchev–Trinajstić information content (AvgIpc) is 3.08. The quantitative estimate of drug-likeness (QED) is 0.765. The monoisotopic (exact) mass is 416 g/mol. The van der Waals surface area contributed by atoms with E-state index in [1.54, 1.807) is 23.1 Å². The van der Waals surface area contributed by atoms with Crippen LogP contribution in [-0.4, -0.2) is 27.5 Å². The number of fused-ring (bicyclic) bond motifs is 1. The second-order valence-electron chi connectivity index (χ2n) is 8.23. The normalized spacial score (nSPS) is 13.9. The Hall–Kier alpha value is -2.54. The molecule has 0 bridgehead atoms. The second kappa shape index (κ2) is 8.06. The summed E-state index contributed by atoms with van der Waals surface area (Å²) in [7, 11) is -3.71. The molecule has 0 spiro atoms. The van der Waals surface area contributed by atoms with Gasteiger partial charge in [0.25, 0.3) is 10.0 Å². The van der Waals surface area contributed by atoms with E-state index in [1.807, 2.05) is 39.8 Å².